The minimum Gasteiger partial charge on any atom is -0.348 e. The summed E-state index contributed by atoms with van der Waals surface area (Å²) in [6.07, 6.45) is 2.00. The Morgan fingerprint density at radius 1 is 1.08 bits per heavy atom. The van der Waals surface area contributed by atoms with Gasteiger partial charge >= 0.3 is 6.03 Å². The Balaban J connectivity index is 1.67. The van der Waals surface area contributed by atoms with E-state index in [0.717, 1.165) is 11.3 Å². The molecule has 0 radical (unpaired) electrons. The number of fused-ring (bicyclic) bond motifs is 1. The van der Waals surface area contributed by atoms with Gasteiger partial charge in [0.05, 0.1) is 6.04 Å². The molecule has 26 heavy (non-hydrogen) atoms. The molecule has 1 N–H and O–H groups in total. The molecule has 2 aromatic carbocycles. The maximum atomic E-state index is 13.4. The number of benzene rings is 2. The fourth-order valence-corrected chi connectivity index (χ4v) is 3.55. The summed E-state index contributed by atoms with van der Waals surface area (Å²) in [5.41, 5.74) is 2.51. The van der Waals surface area contributed by atoms with Crippen LogP contribution in [0.5, 0.6) is 0 Å². The van der Waals surface area contributed by atoms with Gasteiger partial charge in [0.2, 0.25) is 0 Å². The molecular weight excluding hydrogens is 353 g/mol. The highest BCUT2D eigenvalue weighted by Gasteiger charge is 2.32. The van der Waals surface area contributed by atoms with E-state index >= 15 is 0 Å². The zero-order chi connectivity index (χ0) is 18.1. The molecule has 0 fully saturated rings. The van der Waals surface area contributed by atoms with Gasteiger partial charge in [0, 0.05) is 35.7 Å². The van der Waals surface area contributed by atoms with Crippen molar-refractivity contribution in [1.82, 2.24) is 9.47 Å². The monoisotopic (exact) mass is 369 g/mol. The van der Waals surface area contributed by atoms with Crippen LogP contribution < -0.4 is 5.32 Å². The van der Waals surface area contributed by atoms with E-state index in [9.17, 15) is 9.18 Å². The van der Waals surface area contributed by atoms with Gasteiger partial charge in [0.25, 0.3) is 0 Å². The molecule has 132 valence electrons. The number of hydrogen-bond donors (Lipinski definition) is 1. The van der Waals surface area contributed by atoms with Crippen molar-refractivity contribution in [3.05, 3.63) is 89.0 Å². The first-order valence-corrected chi connectivity index (χ1v) is 8.73. The highest BCUT2D eigenvalue weighted by Crippen LogP contribution is 2.33. The molecule has 0 unspecified atom stereocenters. The lowest BCUT2D eigenvalue weighted by molar-refractivity contribution is 0.182. The number of aromatic nitrogens is 1. The lowest BCUT2D eigenvalue weighted by Crippen LogP contribution is -2.44. The minimum atomic E-state index is -0.296. The number of anilines is 1. The molecule has 0 saturated heterocycles. The summed E-state index contributed by atoms with van der Waals surface area (Å²) in [4.78, 5) is 14.7. The molecule has 1 aliphatic heterocycles. The maximum Gasteiger partial charge on any atom is 0.322 e. The molecule has 0 spiro atoms. The van der Waals surface area contributed by atoms with E-state index in [1.807, 2.05) is 18.3 Å². The molecule has 6 heteroatoms. The van der Waals surface area contributed by atoms with Crippen molar-refractivity contribution in [3.8, 4) is 0 Å². The molecule has 4 rings (SSSR count). The molecule has 0 saturated carbocycles. The van der Waals surface area contributed by atoms with Crippen molar-refractivity contribution >= 4 is 23.3 Å². The van der Waals surface area contributed by atoms with Gasteiger partial charge in [-0.3, -0.25) is 0 Å². The number of nitrogens with one attached hydrogen (secondary N) is 1. The van der Waals surface area contributed by atoms with E-state index in [1.54, 1.807) is 41.3 Å². The molecule has 3 aromatic rings. The Morgan fingerprint density at radius 3 is 2.65 bits per heavy atom. The molecular formula is C20H17ClFN3O. The summed E-state index contributed by atoms with van der Waals surface area (Å²) >= 11 is 6.00. The van der Waals surface area contributed by atoms with Crippen LogP contribution in [0.1, 0.15) is 17.3 Å². The number of urea groups is 1. The van der Waals surface area contributed by atoms with E-state index in [2.05, 4.69) is 9.88 Å². The second kappa shape index (κ2) is 6.84. The Bertz CT molecular complexity index is 938. The van der Waals surface area contributed by atoms with Crippen LogP contribution in [-0.4, -0.2) is 22.0 Å². The first-order chi connectivity index (χ1) is 12.6. The molecule has 0 bridgehead atoms. The molecule has 0 aliphatic carbocycles. The highest BCUT2D eigenvalue weighted by molar-refractivity contribution is 6.30. The standard InChI is InChI=1S/C20H17ClFN3O/c21-15-3-1-4-17(13-15)23-20(26)25-12-11-24-10-2-5-18(24)19(25)14-6-8-16(22)9-7-14/h1-10,13,19H,11-12H2,(H,23,26)/t19-/m1/s1. The van der Waals surface area contributed by atoms with Crippen molar-refractivity contribution < 1.29 is 9.18 Å². The van der Waals surface area contributed by atoms with Crippen LogP contribution in [-0.2, 0) is 6.54 Å². The highest BCUT2D eigenvalue weighted by atomic mass is 35.5. The summed E-state index contributed by atoms with van der Waals surface area (Å²) in [5, 5.41) is 3.47. The average Bonchev–Trinajstić information content (AvgIpc) is 3.10. The summed E-state index contributed by atoms with van der Waals surface area (Å²) in [6.45, 7) is 1.26. The molecule has 1 atom stereocenters. The second-order valence-electron chi connectivity index (χ2n) is 6.21. The maximum absolute atomic E-state index is 13.4. The van der Waals surface area contributed by atoms with Gasteiger partial charge < -0.3 is 14.8 Å². The van der Waals surface area contributed by atoms with E-state index in [4.69, 9.17) is 11.6 Å². The van der Waals surface area contributed by atoms with Gasteiger partial charge in [-0.2, -0.15) is 0 Å². The van der Waals surface area contributed by atoms with E-state index < -0.39 is 0 Å². The van der Waals surface area contributed by atoms with Gasteiger partial charge in [-0.05, 0) is 48.0 Å². The Hall–Kier alpha value is -2.79. The normalized spacial score (nSPS) is 16.2. The summed E-state index contributed by atoms with van der Waals surface area (Å²) in [5.74, 6) is -0.296. The lowest BCUT2D eigenvalue weighted by atomic mass is 10.0. The van der Waals surface area contributed by atoms with E-state index in [0.29, 0.717) is 23.8 Å². The van der Waals surface area contributed by atoms with Crippen LogP contribution in [0.4, 0.5) is 14.9 Å². The van der Waals surface area contributed by atoms with Crippen LogP contribution >= 0.6 is 11.6 Å². The number of hydrogen-bond acceptors (Lipinski definition) is 1. The zero-order valence-corrected chi connectivity index (χ0v) is 14.7. The van der Waals surface area contributed by atoms with Gasteiger partial charge in [-0.15, -0.1) is 0 Å². The smallest absolute Gasteiger partial charge is 0.322 e. The van der Waals surface area contributed by atoms with Crippen molar-refractivity contribution in [1.29, 1.82) is 0 Å². The Morgan fingerprint density at radius 2 is 1.88 bits per heavy atom. The fraction of sp³-hybridized carbons (Fsp3) is 0.150. The first-order valence-electron chi connectivity index (χ1n) is 8.35. The number of halogens is 2. The number of amides is 2. The Labute approximate surface area is 155 Å². The average molecular weight is 370 g/mol. The van der Waals surface area contributed by atoms with Gasteiger partial charge in [0.15, 0.2) is 0 Å². The molecule has 2 amide bonds. The third-order valence-corrected chi connectivity index (χ3v) is 4.80. The summed E-state index contributed by atoms with van der Waals surface area (Å²) < 4.78 is 15.5. The topological polar surface area (TPSA) is 37.3 Å². The third-order valence-electron chi connectivity index (χ3n) is 4.56. The molecule has 1 aromatic heterocycles. The lowest BCUT2D eigenvalue weighted by Gasteiger charge is -2.37. The summed E-state index contributed by atoms with van der Waals surface area (Å²) in [7, 11) is 0. The second-order valence-corrected chi connectivity index (χ2v) is 6.65. The van der Waals surface area contributed by atoms with Crippen molar-refractivity contribution in [3.63, 3.8) is 0 Å². The number of carbonyl (C=O) groups is 1. The van der Waals surface area contributed by atoms with Crippen LogP contribution in [0.25, 0.3) is 0 Å². The number of rotatable bonds is 2. The van der Waals surface area contributed by atoms with Crippen LogP contribution in [0.2, 0.25) is 5.02 Å². The predicted molar refractivity (Wildman–Crippen MR) is 99.9 cm³/mol. The van der Waals surface area contributed by atoms with Gasteiger partial charge in [0.1, 0.15) is 5.82 Å². The minimum absolute atomic E-state index is 0.214. The zero-order valence-electron chi connectivity index (χ0n) is 13.9. The van der Waals surface area contributed by atoms with Crippen molar-refractivity contribution in [2.75, 3.05) is 11.9 Å². The molecule has 4 nitrogen and oxygen atoms in total. The Kier molecular flexibility index (Phi) is 4.39. The third kappa shape index (κ3) is 3.18. The first kappa shape index (κ1) is 16.7. The molecule has 1 aliphatic rings. The number of nitrogens with zero attached hydrogens (tertiary/aromatic N) is 2. The number of carbonyl (C=O) groups excluding carboxylic acids is 1. The van der Waals surface area contributed by atoms with E-state index in [-0.39, 0.29) is 17.9 Å². The van der Waals surface area contributed by atoms with Crippen molar-refractivity contribution in [2.45, 2.75) is 12.6 Å². The predicted octanol–water partition coefficient (Wildman–Crippen LogP) is 4.92. The fourth-order valence-electron chi connectivity index (χ4n) is 3.36. The SMILES string of the molecule is O=C(Nc1cccc(Cl)c1)N1CCn2cccc2[C@H]1c1ccc(F)cc1. The largest absolute Gasteiger partial charge is 0.348 e. The van der Waals surface area contributed by atoms with Crippen molar-refractivity contribution in [2.24, 2.45) is 0 Å². The van der Waals surface area contributed by atoms with E-state index in [1.165, 1.54) is 12.1 Å². The quantitative estimate of drug-likeness (QED) is 0.684. The summed E-state index contributed by atoms with van der Waals surface area (Å²) in [6, 6.07) is 16.8. The van der Waals surface area contributed by atoms with Gasteiger partial charge in [-0.25, -0.2) is 9.18 Å². The molecule has 2 heterocycles. The van der Waals surface area contributed by atoms with Crippen LogP contribution in [0.15, 0.2) is 66.9 Å². The van der Waals surface area contributed by atoms with Gasteiger partial charge in [-0.1, -0.05) is 29.8 Å². The van der Waals surface area contributed by atoms with Crippen LogP contribution in [0, 0.1) is 5.82 Å². The van der Waals surface area contributed by atoms with Crippen LogP contribution in [0.3, 0.4) is 0 Å².